The smallest absolute Gasteiger partial charge is 0.409 e. The highest BCUT2D eigenvalue weighted by Crippen LogP contribution is 2.36. The number of rotatable bonds is 4. The third kappa shape index (κ3) is 5.28. The molecule has 1 amide bonds. The molecule has 0 unspecified atom stereocenters. The Morgan fingerprint density at radius 3 is 2.69 bits per heavy atom. The van der Waals surface area contributed by atoms with E-state index in [2.05, 4.69) is 15.3 Å². The minimum atomic E-state index is -0.750. The van der Waals surface area contributed by atoms with Gasteiger partial charge < -0.3 is 19.4 Å². The Morgan fingerprint density at radius 1 is 1.31 bits per heavy atom. The van der Waals surface area contributed by atoms with E-state index in [1.54, 1.807) is 24.2 Å². The molecular formula is C21H23FN4O5S. The van der Waals surface area contributed by atoms with Crippen LogP contribution in [0.25, 0.3) is 11.1 Å². The monoisotopic (exact) mass is 462 g/mol. The first-order valence-electron chi connectivity index (χ1n) is 10.1. The molecule has 1 aliphatic rings. The number of furan rings is 1. The van der Waals surface area contributed by atoms with Crippen molar-refractivity contribution in [3.05, 3.63) is 47.7 Å². The number of amides is 1. The lowest BCUT2D eigenvalue weighted by atomic mass is 9.90. The molecule has 0 saturated carbocycles. The van der Waals surface area contributed by atoms with E-state index >= 15 is 0 Å². The number of aryl methyl sites for hydroxylation is 1. The number of nitrogens with one attached hydrogen (secondary N) is 1. The van der Waals surface area contributed by atoms with Crippen LogP contribution in [0.5, 0.6) is 0 Å². The van der Waals surface area contributed by atoms with Crippen LogP contribution < -0.4 is 5.32 Å². The maximum Gasteiger partial charge on any atom is 0.409 e. The van der Waals surface area contributed by atoms with Crippen LogP contribution in [0.2, 0.25) is 0 Å². The van der Waals surface area contributed by atoms with E-state index in [0.717, 1.165) is 24.0 Å². The molecule has 0 atom stereocenters. The number of benzene rings is 1. The van der Waals surface area contributed by atoms with Gasteiger partial charge in [-0.25, -0.2) is 19.2 Å². The summed E-state index contributed by atoms with van der Waals surface area (Å²) in [5.41, 5.74) is 3.37. The number of fused-ring (bicyclic) bond motifs is 1. The van der Waals surface area contributed by atoms with Crippen molar-refractivity contribution in [2.24, 2.45) is 0 Å². The number of ether oxygens (including phenoxy) is 1. The van der Waals surface area contributed by atoms with Crippen LogP contribution in [0, 0.1) is 12.7 Å². The number of piperidine rings is 1. The topological polar surface area (TPSA) is 115 Å². The number of carbonyl (C=O) groups is 1. The van der Waals surface area contributed by atoms with Crippen molar-refractivity contribution in [2.45, 2.75) is 32.6 Å². The second kappa shape index (κ2) is 10.8. The molecule has 1 fully saturated rings. The fourth-order valence-electron chi connectivity index (χ4n) is 3.68. The van der Waals surface area contributed by atoms with Crippen molar-refractivity contribution >= 4 is 40.3 Å². The number of hydrogen-bond donors (Lipinski definition) is 1. The second-order valence-corrected chi connectivity index (χ2v) is 7.36. The summed E-state index contributed by atoms with van der Waals surface area (Å²) < 4.78 is 41.6. The standard InChI is InChI=1S/C21H23FN4O3.O2S/c1-3-28-21(27)26-8-6-14(7-9-26)15-11-29-19-18(15)23-12-24-20(19)25-17-5-4-13(2)10-16(17)22;1-3-2/h4-5,10-12,14H,3,6-9H2,1-2H3,(H,23,24,25);. The molecule has 9 nitrogen and oxygen atoms in total. The van der Waals surface area contributed by atoms with Gasteiger partial charge >= 0.3 is 17.7 Å². The summed E-state index contributed by atoms with van der Waals surface area (Å²) in [5, 5.41) is 3.01. The Morgan fingerprint density at radius 2 is 2.03 bits per heavy atom. The van der Waals surface area contributed by atoms with Crippen molar-refractivity contribution in [2.75, 3.05) is 25.0 Å². The van der Waals surface area contributed by atoms with Gasteiger partial charge in [-0.2, -0.15) is 8.42 Å². The molecule has 1 aromatic carbocycles. The Kier molecular flexibility index (Phi) is 7.87. The lowest BCUT2D eigenvalue weighted by Gasteiger charge is -2.30. The van der Waals surface area contributed by atoms with Gasteiger partial charge in [0.2, 0.25) is 0 Å². The molecule has 11 heteroatoms. The summed E-state index contributed by atoms with van der Waals surface area (Å²) in [5.74, 6) is 0.295. The van der Waals surface area contributed by atoms with Crippen molar-refractivity contribution in [1.29, 1.82) is 0 Å². The Bertz CT molecular complexity index is 1120. The zero-order chi connectivity index (χ0) is 23.1. The van der Waals surface area contributed by atoms with Gasteiger partial charge in [0.25, 0.3) is 0 Å². The third-order valence-corrected chi connectivity index (χ3v) is 5.22. The number of aromatic nitrogens is 2. The average Bonchev–Trinajstić information content (AvgIpc) is 3.22. The van der Waals surface area contributed by atoms with Gasteiger partial charge in [-0.05, 0) is 50.3 Å². The van der Waals surface area contributed by atoms with Gasteiger partial charge in [0.15, 0.2) is 11.4 Å². The van der Waals surface area contributed by atoms with Crippen molar-refractivity contribution in [1.82, 2.24) is 14.9 Å². The second-order valence-electron chi connectivity index (χ2n) is 7.23. The molecule has 170 valence electrons. The number of likely N-dealkylation sites (tertiary alicyclic amines) is 1. The molecule has 1 saturated heterocycles. The van der Waals surface area contributed by atoms with Gasteiger partial charge in [-0.15, -0.1) is 0 Å². The van der Waals surface area contributed by atoms with E-state index in [9.17, 15) is 9.18 Å². The summed E-state index contributed by atoms with van der Waals surface area (Å²) >= 11 is -0.750. The first kappa shape index (κ1) is 23.3. The Hall–Kier alpha value is -3.34. The minimum absolute atomic E-state index is 0.223. The van der Waals surface area contributed by atoms with Crippen LogP contribution in [0.15, 0.2) is 35.2 Å². The van der Waals surface area contributed by atoms with Crippen LogP contribution in [-0.2, 0) is 16.3 Å². The summed E-state index contributed by atoms with van der Waals surface area (Å²) in [6, 6.07) is 4.97. The third-order valence-electron chi connectivity index (χ3n) is 5.22. The highest BCUT2D eigenvalue weighted by atomic mass is 32.1. The van der Waals surface area contributed by atoms with E-state index in [-0.39, 0.29) is 17.8 Å². The van der Waals surface area contributed by atoms with Gasteiger partial charge in [-0.1, -0.05) is 6.07 Å². The minimum Gasteiger partial charge on any atom is -0.458 e. The zero-order valence-electron chi connectivity index (χ0n) is 17.7. The maximum absolute atomic E-state index is 14.2. The quantitative estimate of drug-likeness (QED) is 0.617. The highest BCUT2D eigenvalue weighted by Gasteiger charge is 2.27. The van der Waals surface area contributed by atoms with Gasteiger partial charge in [0.1, 0.15) is 17.7 Å². The van der Waals surface area contributed by atoms with Crippen LogP contribution in [0.3, 0.4) is 0 Å². The predicted octanol–water partition coefficient (Wildman–Crippen LogP) is 4.08. The molecule has 1 aliphatic heterocycles. The summed E-state index contributed by atoms with van der Waals surface area (Å²) in [7, 11) is 0. The molecule has 0 aliphatic carbocycles. The number of anilines is 2. The van der Waals surface area contributed by atoms with E-state index < -0.39 is 11.6 Å². The number of halogens is 1. The lowest BCUT2D eigenvalue weighted by molar-refractivity contribution is 0.0971. The highest BCUT2D eigenvalue weighted by molar-refractivity contribution is 7.51. The maximum atomic E-state index is 14.2. The van der Waals surface area contributed by atoms with Crippen LogP contribution in [-0.4, -0.2) is 49.1 Å². The molecule has 2 aromatic heterocycles. The van der Waals surface area contributed by atoms with E-state index in [1.165, 1.54) is 12.4 Å². The Labute approximate surface area is 187 Å². The molecular weight excluding hydrogens is 439 g/mol. The molecule has 0 spiro atoms. The number of carbonyl (C=O) groups excluding carboxylic acids is 1. The normalized spacial score (nSPS) is 13.9. The SMILES string of the molecule is CCOC(=O)N1CCC(c2coc3c(Nc4ccc(C)cc4F)ncnc23)CC1.O=S=O. The predicted molar refractivity (Wildman–Crippen MR) is 116 cm³/mol. The molecule has 3 heterocycles. The fourth-order valence-corrected chi connectivity index (χ4v) is 3.68. The van der Waals surface area contributed by atoms with Crippen LogP contribution in [0.1, 0.15) is 36.8 Å². The molecule has 4 rings (SSSR count). The number of hydrogen-bond acceptors (Lipinski definition) is 8. The summed E-state index contributed by atoms with van der Waals surface area (Å²) in [4.78, 5) is 22.2. The summed E-state index contributed by atoms with van der Waals surface area (Å²) in [6.45, 7) is 5.26. The van der Waals surface area contributed by atoms with Crippen molar-refractivity contribution < 1.29 is 26.8 Å². The van der Waals surface area contributed by atoms with E-state index in [1.807, 2.05) is 13.0 Å². The average molecular weight is 463 g/mol. The van der Waals surface area contributed by atoms with E-state index in [0.29, 0.717) is 42.3 Å². The molecule has 0 radical (unpaired) electrons. The molecule has 32 heavy (non-hydrogen) atoms. The molecule has 1 N–H and O–H groups in total. The number of nitrogens with zero attached hydrogens (tertiary/aromatic N) is 3. The van der Waals surface area contributed by atoms with Gasteiger partial charge in [-0.3, -0.25) is 0 Å². The first-order valence-corrected chi connectivity index (χ1v) is 10.7. The first-order chi connectivity index (χ1) is 15.5. The zero-order valence-corrected chi connectivity index (χ0v) is 18.5. The van der Waals surface area contributed by atoms with Crippen LogP contribution >= 0.6 is 0 Å². The lowest BCUT2D eigenvalue weighted by Crippen LogP contribution is -2.38. The molecule has 3 aromatic rings. The van der Waals surface area contributed by atoms with Crippen LogP contribution in [0.4, 0.5) is 20.7 Å². The largest absolute Gasteiger partial charge is 0.458 e. The van der Waals surface area contributed by atoms with E-state index in [4.69, 9.17) is 17.6 Å². The van der Waals surface area contributed by atoms with Crippen molar-refractivity contribution in [3.8, 4) is 0 Å². The fraction of sp³-hybridized carbons (Fsp3) is 0.381. The van der Waals surface area contributed by atoms with Gasteiger partial charge in [0.05, 0.1) is 18.6 Å². The summed E-state index contributed by atoms with van der Waals surface area (Å²) in [6.07, 6.45) is 4.47. The molecule has 0 bridgehead atoms. The Balaban J connectivity index is 0.000000913. The van der Waals surface area contributed by atoms with Gasteiger partial charge in [0, 0.05) is 18.7 Å². The van der Waals surface area contributed by atoms with Crippen molar-refractivity contribution in [3.63, 3.8) is 0 Å².